The number of carbonyl (C=O) groups excluding carboxylic acids is 1. The maximum Gasteiger partial charge on any atom is 0.333 e. The Bertz CT molecular complexity index is 917. The number of aliphatic hydroxyl groups excluding tert-OH is 1. The second kappa shape index (κ2) is 10.7. The number of allylic oxidation sites excluding steroid dienone is 2. The molecule has 168 valence electrons. The molecule has 0 radical (unpaired) electrons. The third-order valence-corrected chi connectivity index (χ3v) is 5.39. The van der Waals surface area contributed by atoms with Crippen molar-refractivity contribution >= 4 is 17.6 Å². The molecular formula is C23H29NO7. The fraction of sp³-hybridized carbons (Fsp3) is 0.391. The molecule has 0 aromatic heterocycles. The number of phenols is 2. The molecule has 0 amide bonds. The van der Waals surface area contributed by atoms with Crippen molar-refractivity contribution in [3.05, 3.63) is 53.1 Å². The molecule has 0 saturated heterocycles. The summed E-state index contributed by atoms with van der Waals surface area (Å²) < 4.78 is 5.45. The van der Waals surface area contributed by atoms with E-state index in [1.165, 1.54) is 36.8 Å². The number of aliphatic carboxylic acids is 1. The Morgan fingerprint density at radius 1 is 1.29 bits per heavy atom. The summed E-state index contributed by atoms with van der Waals surface area (Å²) in [5, 5.41) is 38.9. The molecule has 1 aromatic rings. The van der Waals surface area contributed by atoms with Gasteiger partial charge >= 0.3 is 11.9 Å². The summed E-state index contributed by atoms with van der Waals surface area (Å²) >= 11 is 0. The maximum absolute atomic E-state index is 12.5. The summed E-state index contributed by atoms with van der Waals surface area (Å²) in [6.45, 7) is 3.45. The Kier molecular flexibility index (Phi) is 8.27. The van der Waals surface area contributed by atoms with E-state index < -0.39 is 24.1 Å². The molecule has 6 N–H and O–H groups in total. The number of carboxylic acid groups (broad SMARTS) is 1. The van der Waals surface area contributed by atoms with Crippen LogP contribution in [0.25, 0.3) is 5.70 Å². The largest absolute Gasteiger partial charge is 0.504 e. The zero-order valence-electron chi connectivity index (χ0n) is 17.6. The van der Waals surface area contributed by atoms with Gasteiger partial charge in [0.25, 0.3) is 0 Å². The second-order valence-corrected chi connectivity index (χ2v) is 7.78. The highest BCUT2D eigenvalue weighted by molar-refractivity contribution is 5.91. The standard InChI is InChI=1S/C23H29NO7/c1-13-3-6-15(7-4-13)22(28)20(10-5-14(2)23(29)30)31-21(27)12-17(24)16-8-9-18(25)19(26)11-16/h3,5,8-9,11-12,15,20,22,25-26,28H,4,6-7,10,24H2,1-2H3,(H,29,30)/b14-5+,17-12-/t15-,20-,22+/m1/s1. The van der Waals surface area contributed by atoms with Gasteiger partial charge in [0.05, 0.1) is 6.10 Å². The molecule has 3 atom stereocenters. The van der Waals surface area contributed by atoms with Crippen LogP contribution in [-0.2, 0) is 14.3 Å². The summed E-state index contributed by atoms with van der Waals surface area (Å²) in [4.78, 5) is 23.5. The average Bonchev–Trinajstić information content (AvgIpc) is 2.72. The number of carbonyl (C=O) groups is 2. The lowest BCUT2D eigenvalue weighted by Crippen LogP contribution is -2.37. The smallest absolute Gasteiger partial charge is 0.333 e. The van der Waals surface area contributed by atoms with E-state index in [2.05, 4.69) is 0 Å². The van der Waals surface area contributed by atoms with E-state index in [0.717, 1.165) is 18.9 Å². The number of aromatic hydroxyl groups is 2. The Hall–Kier alpha value is -3.26. The summed E-state index contributed by atoms with van der Waals surface area (Å²) in [7, 11) is 0. The van der Waals surface area contributed by atoms with Gasteiger partial charge in [0.15, 0.2) is 11.5 Å². The molecule has 0 spiro atoms. The van der Waals surface area contributed by atoms with Gasteiger partial charge in [-0.1, -0.05) is 17.7 Å². The number of aliphatic hydroxyl groups is 1. The first-order valence-corrected chi connectivity index (χ1v) is 10.0. The minimum Gasteiger partial charge on any atom is -0.504 e. The quantitative estimate of drug-likeness (QED) is 0.182. The van der Waals surface area contributed by atoms with Gasteiger partial charge in [-0.15, -0.1) is 0 Å². The second-order valence-electron chi connectivity index (χ2n) is 7.78. The summed E-state index contributed by atoms with van der Waals surface area (Å²) in [5.74, 6) is -2.72. The fourth-order valence-electron chi connectivity index (χ4n) is 3.33. The van der Waals surface area contributed by atoms with Gasteiger partial charge in [-0.2, -0.15) is 0 Å². The van der Waals surface area contributed by atoms with Gasteiger partial charge in [-0.05, 0) is 57.2 Å². The van der Waals surface area contributed by atoms with Gasteiger partial charge in [0.1, 0.15) is 6.10 Å². The van der Waals surface area contributed by atoms with E-state index in [1.54, 1.807) is 0 Å². The molecule has 0 unspecified atom stereocenters. The van der Waals surface area contributed by atoms with Crippen molar-refractivity contribution in [2.24, 2.45) is 11.7 Å². The predicted molar refractivity (Wildman–Crippen MR) is 115 cm³/mol. The van der Waals surface area contributed by atoms with Crippen molar-refractivity contribution in [1.82, 2.24) is 0 Å². The zero-order valence-corrected chi connectivity index (χ0v) is 17.6. The first-order chi connectivity index (χ1) is 14.6. The number of ether oxygens (including phenoxy) is 1. The molecule has 1 aliphatic rings. The van der Waals surface area contributed by atoms with Crippen LogP contribution in [0.4, 0.5) is 0 Å². The van der Waals surface area contributed by atoms with Gasteiger partial charge < -0.3 is 30.9 Å². The Balaban J connectivity index is 2.18. The van der Waals surface area contributed by atoms with E-state index in [-0.39, 0.29) is 35.1 Å². The molecule has 0 fully saturated rings. The van der Waals surface area contributed by atoms with Crippen LogP contribution < -0.4 is 5.73 Å². The number of hydrogen-bond acceptors (Lipinski definition) is 7. The lowest BCUT2D eigenvalue weighted by Gasteiger charge is -2.30. The molecule has 0 aliphatic heterocycles. The van der Waals surface area contributed by atoms with Crippen LogP contribution in [0, 0.1) is 5.92 Å². The van der Waals surface area contributed by atoms with E-state index in [1.807, 2.05) is 13.0 Å². The van der Waals surface area contributed by atoms with Crippen LogP contribution in [0.5, 0.6) is 11.5 Å². The predicted octanol–water partition coefficient (Wildman–Crippen LogP) is 2.84. The number of benzene rings is 1. The van der Waals surface area contributed by atoms with Crippen LogP contribution in [0.3, 0.4) is 0 Å². The van der Waals surface area contributed by atoms with Crippen molar-refractivity contribution < 1.29 is 34.8 Å². The lowest BCUT2D eigenvalue weighted by atomic mass is 9.83. The number of phenolic OH excluding ortho intramolecular Hbond substituents is 2. The van der Waals surface area contributed by atoms with Gasteiger partial charge in [-0.3, -0.25) is 0 Å². The highest BCUT2D eigenvalue weighted by Gasteiger charge is 2.30. The van der Waals surface area contributed by atoms with E-state index in [9.17, 15) is 24.9 Å². The molecule has 31 heavy (non-hydrogen) atoms. The van der Waals surface area contributed by atoms with Crippen molar-refractivity contribution in [2.75, 3.05) is 0 Å². The summed E-state index contributed by atoms with van der Waals surface area (Å²) in [5.41, 5.74) is 7.53. The van der Waals surface area contributed by atoms with Crippen LogP contribution in [0.2, 0.25) is 0 Å². The Morgan fingerprint density at radius 3 is 2.58 bits per heavy atom. The van der Waals surface area contributed by atoms with Crippen LogP contribution in [0.1, 0.15) is 45.1 Å². The molecule has 0 heterocycles. The molecule has 0 bridgehead atoms. The minimum atomic E-state index is -1.09. The van der Waals surface area contributed by atoms with Crippen molar-refractivity contribution in [3.8, 4) is 11.5 Å². The summed E-state index contributed by atoms with van der Waals surface area (Å²) in [6.07, 6.45) is 4.82. The monoisotopic (exact) mass is 431 g/mol. The van der Waals surface area contributed by atoms with Crippen molar-refractivity contribution in [3.63, 3.8) is 0 Å². The molecule has 8 heteroatoms. The lowest BCUT2D eigenvalue weighted by molar-refractivity contribution is -0.151. The van der Waals surface area contributed by atoms with Gasteiger partial charge in [0.2, 0.25) is 0 Å². The number of rotatable bonds is 8. The van der Waals surface area contributed by atoms with E-state index in [4.69, 9.17) is 15.6 Å². The number of esters is 1. The molecule has 1 aromatic carbocycles. The normalized spacial score (nSPS) is 19.3. The first kappa shape index (κ1) is 24.0. The number of nitrogens with two attached hydrogens (primary N) is 1. The average molecular weight is 431 g/mol. The molecule has 1 aliphatic carbocycles. The van der Waals surface area contributed by atoms with Crippen molar-refractivity contribution in [2.45, 2.75) is 51.7 Å². The topological polar surface area (TPSA) is 150 Å². The zero-order chi connectivity index (χ0) is 23.1. The van der Waals surface area contributed by atoms with Crippen LogP contribution in [0.15, 0.2) is 47.6 Å². The third kappa shape index (κ3) is 6.89. The van der Waals surface area contributed by atoms with E-state index >= 15 is 0 Å². The van der Waals surface area contributed by atoms with Gasteiger partial charge in [-0.25, -0.2) is 9.59 Å². The number of carboxylic acids is 1. The molecular weight excluding hydrogens is 402 g/mol. The molecule has 0 saturated carbocycles. The fourth-order valence-corrected chi connectivity index (χ4v) is 3.33. The molecule has 8 nitrogen and oxygen atoms in total. The highest BCUT2D eigenvalue weighted by Crippen LogP contribution is 2.30. The molecule has 2 rings (SSSR count). The number of hydrogen-bond donors (Lipinski definition) is 5. The van der Waals surface area contributed by atoms with Crippen molar-refractivity contribution in [1.29, 1.82) is 0 Å². The van der Waals surface area contributed by atoms with Crippen LogP contribution >= 0.6 is 0 Å². The van der Waals surface area contributed by atoms with Crippen LogP contribution in [-0.4, -0.2) is 44.6 Å². The third-order valence-electron chi connectivity index (χ3n) is 5.39. The Morgan fingerprint density at radius 2 is 2.00 bits per heavy atom. The van der Waals surface area contributed by atoms with Gasteiger partial charge in [0, 0.05) is 29.3 Å². The highest BCUT2D eigenvalue weighted by atomic mass is 16.6. The first-order valence-electron chi connectivity index (χ1n) is 10.0. The Labute approximate surface area is 181 Å². The SMILES string of the molecule is CC1=CC[C@@H]([C@H](O)[C@@H](C/C=C(\C)C(=O)O)OC(=O)/C=C(\N)c2ccc(O)c(O)c2)CC1. The maximum atomic E-state index is 12.5. The minimum absolute atomic E-state index is 0.00187. The summed E-state index contributed by atoms with van der Waals surface area (Å²) in [6, 6.07) is 3.87. The van der Waals surface area contributed by atoms with E-state index in [0.29, 0.717) is 12.0 Å².